The van der Waals surface area contributed by atoms with Crippen molar-refractivity contribution in [2.75, 3.05) is 7.11 Å². The first-order valence-corrected chi connectivity index (χ1v) is 3.73. The van der Waals surface area contributed by atoms with Crippen LogP contribution in [0.15, 0.2) is 12.1 Å². The summed E-state index contributed by atoms with van der Waals surface area (Å²) in [5.41, 5.74) is 4.41. The van der Waals surface area contributed by atoms with Crippen molar-refractivity contribution in [2.45, 2.75) is 0 Å². The largest absolute Gasteiger partial charge is 0.494 e. The molecule has 1 aromatic rings. The molecule has 0 aliphatic rings. The highest BCUT2D eigenvalue weighted by atomic mass is 19.1. The van der Waals surface area contributed by atoms with Crippen molar-refractivity contribution in [1.29, 1.82) is 0 Å². The SMILES string of the molecule is COc1ccc(C(N)=O)c(C=O)c1F. The number of carbonyl (C=O) groups is 2. The number of aldehydes is 1. The van der Waals surface area contributed by atoms with Gasteiger partial charge >= 0.3 is 0 Å². The molecular formula is C9H8FNO3. The van der Waals surface area contributed by atoms with Crippen LogP contribution in [0.5, 0.6) is 5.75 Å². The minimum absolute atomic E-state index is 0.0999. The maximum atomic E-state index is 13.3. The lowest BCUT2D eigenvalue weighted by Gasteiger charge is -2.06. The summed E-state index contributed by atoms with van der Waals surface area (Å²) in [6, 6.07) is 2.48. The van der Waals surface area contributed by atoms with Crippen molar-refractivity contribution >= 4 is 12.2 Å². The van der Waals surface area contributed by atoms with Gasteiger partial charge in [-0.1, -0.05) is 0 Å². The minimum Gasteiger partial charge on any atom is -0.494 e. The van der Waals surface area contributed by atoms with Crippen LogP contribution in [0.4, 0.5) is 4.39 Å². The van der Waals surface area contributed by atoms with Gasteiger partial charge in [0.2, 0.25) is 5.91 Å². The Morgan fingerprint density at radius 2 is 2.21 bits per heavy atom. The van der Waals surface area contributed by atoms with Gasteiger partial charge in [-0.2, -0.15) is 0 Å². The van der Waals surface area contributed by atoms with Gasteiger partial charge in [-0.15, -0.1) is 0 Å². The molecule has 5 heteroatoms. The van der Waals surface area contributed by atoms with E-state index in [2.05, 4.69) is 4.74 Å². The van der Waals surface area contributed by atoms with Crippen molar-refractivity contribution in [1.82, 2.24) is 0 Å². The van der Waals surface area contributed by atoms with Crippen LogP contribution in [0.25, 0.3) is 0 Å². The number of methoxy groups -OCH3 is 1. The predicted octanol–water partition coefficient (Wildman–Crippen LogP) is 0.746. The van der Waals surface area contributed by atoms with Crippen LogP contribution >= 0.6 is 0 Å². The Bertz CT molecular complexity index is 390. The fraction of sp³-hybridized carbons (Fsp3) is 0.111. The third-order valence-electron chi connectivity index (χ3n) is 1.75. The fourth-order valence-corrected chi connectivity index (χ4v) is 1.06. The third-order valence-corrected chi connectivity index (χ3v) is 1.75. The second-order valence-corrected chi connectivity index (χ2v) is 2.53. The van der Waals surface area contributed by atoms with Crippen LogP contribution < -0.4 is 10.5 Å². The number of amides is 1. The fourth-order valence-electron chi connectivity index (χ4n) is 1.06. The van der Waals surface area contributed by atoms with Gasteiger partial charge in [0.1, 0.15) is 0 Å². The Kier molecular flexibility index (Phi) is 2.81. The molecule has 0 spiro atoms. The zero-order chi connectivity index (χ0) is 10.7. The van der Waals surface area contributed by atoms with Crippen molar-refractivity contribution in [3.05, 3.63) is 29.1 Å². The van der Waals surface area contributed by atoms with Gasteiger partial charge in [-0.3, -0.25) is 9.59 Å². The maximum absolute atomic E-state index is 13.3. The summed E-state index contributed by atoms with van der Waals surface area (Å²) in [6.45, 7) is 0. The van der Waals surface area contributed by atoms with Crippen LogP contribution in [0.2, 0.25) is 0 Å². The van der Waals surface area contributed by atoms with Gasteiger partial charge in [-0.05, 0) is 12.1 Å². The molecule has 0 heterocycles. The molecule has 74 valence electrons. The summed E-state index contributed by atoms with van der Waals surface area (Å²) >= 11 is 0. The molecule has 0 atom stereocenters. The van der Waals surface area contributed by atoms with E-state index in [9.17, 15) is 14.0 Å². The van der Waals surface area contributed by atoms with Crippen LogP contribution in [0.1, 0.15) is 20.7 Å². The number of ether oxygens (including phenoxy) is 1. The number of benzene rings is 1. The zero-order valence-corrected chi connectivity index (χ0v) is 7.41. The van der Waals surface area contributed by atoms with E-state index in [4.69, 9.17) is 5.73 Å². The summed E-state index contributed by atoms with van der Waals surface area (Å²) in [5, 5.41) is 0. The molecule has 14 heavy (non-hydrogen) atoms. The molecule has 0 aromatic heterocycles. The molecule has 0 fully saturated rings. The van der Waals surface area contributed by atoms with E-state index in [0.717, 1.165) is 0 Å². The van der Waals surface area contributed by atoms with E-state index in [-0.39, 0.29) is 23.2 Å². The molecule has 4 nitrogen and oxygen atoms in total. The van der Waals surface area contributed by atoms with E-state index in [1.165, 1.54) is 19.2 Å². The Balaban J connectivity index is 3.43. The molecule has 0 bridgehead atoms. The molecule has 0 aliphatic heterocycles. The highest BCUT2D eigenvalue weighted by Gasteiger charge is 2.16. The number of carbonyl (C=O) groups excluding carboxylic acids is 2. The molecule has 0 saturated carbocycles. The van der Waals surface area contributed by atoms with Gasteiger partial charge < -0.3 is 10.5 Å². The topological polar surface area (TPSA) is 69.4 Å². The zero-order valence-electron chi connectivity index (χ0n) is 7.41. The number of halogens is 1. The molecule has 1 rings (SSSR count). The van der Waals surface area contributed by atoms with Gasteiger partial charge in [0.25, 0.3) is 0 Å². The summed E-state index contributed by atoms with van der Waals surface area (Å²) in [6.07, 6.45) is 0.234. The van der Waals surface area contributed by atoms with Crippen LogP contribution in [0.3, 0.4) is 0 Å². The molecule has 0 radical (unpaired) electrons. The quantitative estimate of drug-likeness (QED) is 0.726. The second kappa shape index (κ2) is 3.87. The first-order chi connectivity index (χ1) is 6.61. The molecular weight excluding hydrogens is 189 g/mol. The number of primary amides is 1. The molecule has 0 saturated heterocycles. The lowest BCUT2D eigenvalue weighted by Crippen LogP contribution is -2.15. The normalized spacial score (nSPS) is 9.57. The number of rotatable bonds is 3. The monoisotopic (exact) mass is 197 g/mol. The van der Waals surface area contributed by atoms with Crippen molar-refractivity contribution < 1.29 is 18.7 Å². The van der Waals surface area contributed by atoms with E-state index >= 15 is 0 Å². The van der Waals surface area contributed by atoms with E-state index in [0.29, 0.717) is 0 Å². The standard InChI is InChI=1S/C9H8FNO3/c1-14-7-3-2-5(9(11)13)6(4-12)8(7)10/h2-4H,1H3,(H2,11,13). The maximum Gasteiger partial charge on any atom is 0.249 e. The lowest BCUT2D eigenvalue weighted by molar-refractivity contribution is 0.0991. The van der Waals surface area contributed by atoms with Gasteiger partial charge in [0.15, 0.2) is 17.9 Å². The van der Waals surface area contributed by atoms with E-state index in [1.807, 2.05) is 0 Å². The van der Waals surface area contributed by atoms with Crippen molar-refractivity contribution in [2.24, 2.45) is 5.73 Å². The van der Waals surface area contributed by atoms with E-state index < -0.39 is 11.7 Å². The summed E-state index contributed by atoms with van der Waals surface area (Å²) in [5.74, 6) is -1.83. The van der Waals surface area contributed by atoms with Crippen LogP contribution in [0, 0.1) is 5.82 Å². The number of hydrogen-bond donors (Lipinski definition) is 1. The van der Waals surface area contributed by atoms with Crippen molar-refractivity contribution in [3.63, 3.8) is 0 Å². The van der Waals surface area contributed by atoms with Gasteiger partial charge in [0.05, 0.1) is 18.2 Å². The summed E-state index contributed by atoms with van der Waals surface area (Å²) in [7, 11) is 1.26. The van der Waals surface area contributed by atoms with Crippen LogP contribution in [-0.4, -0.2) is 19.3 Å². The third kappa shape index (κ3) is 1.56. The first kappa shape index (κ1) is 10.2. The second-order valence-electron chi connectivity index (χ2n) is 2.53. The first-order valence-electron chi connectivity index (χ1n) is 3.73. The lowest BCUT2D eigenvalue weighted by atomic mass is 10.1. The van der Waals surface area contributed by atoms with E-state index in [1.54, 1.807) is 0 Å². The predicted molar refractivity (Wildman–Crippen MR) is 46.9 cm³/mol. The highest BCUT2D eigenvalue weighted by Crippen LogP contribution is 2.22. The molecule has 1 aromatic carbocycles. The molecule has 0 unspecified atom stereocenters. The number of hydrogen-bond acceptors (Lipinski definition) is 3. The highest BCUT2D eigenvalue weighted by molar-refractivity contribution is 6.00. The Labute approximate surface area is 79.5 Å². The summed E-state index contributed by atoms with van der Waals surface area (Å²) in [4.78, 5) is 21.3. The van der Waals surface area contributed by atoms with Crippen molar-refractivity contribution in [3.8, 4) is 5.75 Å². The average Bonchev–Trinajstić information content (AvgIpc) is 2.17. The Morgan fingerprint density at radius 3 is 2.64 bits per heavy atom. The Hall–Kier alpha value is -1.91. The summed E-state index contributed by atoms with van der Waals surface area (Å²) < 4.78 is 18.0. The number of nitrogens with two attached hydrogens (primary N) is 1. The molecule has 0 aliphatic carbocycles. The smallest absolute Gasteiger partial charge is 0.249 e. The van der Waals surface area contributed by atoms with Crippen LogP contribution in [-0.2, 0) is 0 Å². The minimum atomic E-state index is -0.876. The van der Waals surface area contributed by atoms with Gasteiger partial charge in [0, 0.05) is 0 Å². The molecule has 2 N–H and O–H groups in total. The average molecular weight is 197 g/mol. The van der Waals surface area contributed by atoms with Gasteiger partial charge in [-0.25, -0.2) is 4.39 Å². The Morgan fingerprint density at radius 1 is 1.57 bits per heavy atom. The molecule has 1 amide bonds.